The van der Waals surface area contributed by atoms with E-state index >= 15 is 0 Å². The van der Waals surface area contributed by atoms with Crippen molar-refractivity contribution in [3.63, 3.8) is 0 Å². The van der Waals surface area contributed by atoms with E-state index in [4.69, 9.17) is 17.3 Å². The van der Waals surface area contributed by atoms with Crippen molar-refractivity contribution in [1.82, 2.24) is 4.98 Å². The first-order valence-corrected chi connectivity index (χ1v) is 4.69. The van der Waals surface area contributed by atoms with Gasteiger partial charge in [0.15, 0.2) is 0 Å². The molecule has 0 aliphatic rings. The molecule has 0 bridgehead atoms. The third kappa shape index (κ3) is 3.20. The summed E-state index contributed by atoms with van der Waals surface area (Å²) >= 11 is 5.75. The van der Waals surface area contributed by atoms with Crippen LogP contribution in [0.25, 0.3) is 0 Å². The van der Waals surface area contributed by atoms with Crippen molar-refractivity contribution in [2.45, 2.75) is 13.3 Å². The van der Waals surface area contributed by atoms with E-state index in [1.54, 1.807) is 6.07 Å². The van der Waals surface area contributed by atoms with E-state index in [9.17, 15) is 0 Å². The SMILES string of the molecule is Cc1ccc(Cl)nc1NCCCN. The summed E-state index contributed by atoms with van der Waals surface area (Å²) in [6.45, 7) is 3.52. The van der Waals surface area contributed by atoms with Crippen LogP contribution >= 0.6 is 11.6 Å². The highest BCUT2D eigenvalue weighted by Gasteiger charge is 1.99. The van der Waals surface area contributed by atoms with E-state index in [0.717, 1.165) is 24.3 Å². The molecule has 3 nitrogen and oxygen atoms in total. The largest absolute Gasteiger partial charge is 0.370 e. The fourth-order valence-electron chi connectivity index (χ4n) is 0.993. The number of nitrogens with two attached hydrogens (primary N) is 1. The van der Waals surface area contributed by atoms with E-state index in [0.29, 0.717) is 11.7 Å². The maximum Gasteiger partial charge on any atom is 0.131 e. The highest BCUT2D eigenvalue weighted by atomic mass is 35.5. The molecular formula is C9H14ClN3. The van der Waals surface area contributed by atoms with Crippen LogP contribution in [0.2, 0.25) is 5.15 Å². The molecule has 0 spiro atoms. The molecule has 13 heavy (non-hydrogen) atoms. The minimum Gasteiger partial charge on any atom is -0.370 e. The summed E-state index contributed by atoms with van der Waals surface area (Å²) in [5, 5.41) is 3.69. The third-order valence-electron chi connectivity index (χ3n) is 1.74. The van der Waals surface area contributed by atoms with Crippen LogP contribution in [0.3, 0.4) is 0 Å². The second-order valence-electron chi connectivity index (χ2n) is 2.87. The summed E-state index contributed by atoms with van der Waals surface area (Å²) in [5.74, 6) is 0.848. The number of halogens is 1. The summed E-state index contributed by atoms with van der Waals surface area (Å²) < 4.78 is 0. The van der Waals surface area contributed by atoms with Gasteiger partial charge in [0.25, 0.3) is 0 Å². The lowest BCUT2D eigenvalue weighted by Gasteiger charge is -2.07. The van der Waals surface area contributed by atoms with Crippen molar-refractivity contribution < 1.29 is 0 Å². The molecule has 0 saturated carbocycles. The van der Waals surface area contributed by atoms with Gasteiger partial charge in [0.2, 0.25) is 0 Å². The molecule has 3 N–H and O–H groups in total. The van der Waals surface area contributed by atoms with Crippen LogP contribution in [-0.2, 0) is 0 Å². The molecule has 4 heteroatoms. The van der Waals surface area contributed by atoms with Gasteiger partial charge >= 0.3 is 0 Å². The first kappa shape index (κ1) is 10.3. The number of rotatable bonds is 4. The molecule has 1 aromatic heterocycles. The molecule has 1 rings (SSSR count). The summed E-state index contributed by atoms with van der Waals surface area (Å²) in [6.07, 6.45) is 0.938. The van der Waals surface area contributed by atoms with Gasteiger partial charge in [-0.3, -0.25) is 0 Å². The molecule has 0 atom stereocenters. The molecule has 0 unspecified atom stereocenters. The number of anilines is 1. The Bertz CT molecular complexity index is 276. The standard InChI is InChI=1S/C9H14ClN3/c1-7-3-4-8(10)13-9(7)12-6-2-5-11/h3-4H,2,5-6,11H2,1H3,(H,12,13). The maximum atomic E-state index is 5.75. The Hall–Kier alpha value is -0.800. The average molecular weight is 200 g/mol. The molecule has 0 aliphatic carbocycles. The number of aromatic nitrogens is 1. The minimum absolute atomic E-state index is 0.515. The van der Waals surface area contributed by atoms with Gasteiger partial charge in [0.1, 0.15) is 11.0 Å². The normalized spacial score (nSPS) is 10.1. The lowest BCUT2D eigenvalue weighted by molar-refractivity contribution is 0.869. The zero-order chi connectivity index (χ0) is 9.68. The molecular weight excluding hydrogens is 186 g/mol. The molecule has 1 aromatic rings. The van der Waals surface area contributed by atoms with Crippen LogP contribution in [0.4, 0.5) is 5.82 Å². The smallest absolute Gasteiger partial charge is 0.131 e. The van der Waals surface area contributed by atoms with Crippen molar-refractivity contribution in [2.24, 2.45) is 5.73 Å². The third-order valence-corrected chi connectivity index (χ3v) is 1.95. The summed E-state index contributed by atoms with van der Waals surface area (Å²) in [6, 6.07) is 3.73. The summed E-state index contributed by atoms with van der Waals surface area (Å²) in [5.41, 5.74) is 6.47. The van der Waals surface area contributed by atoms with Gasteiger partial charge in [-0.05, 0) is 31.5 Å². The van der Waals surface area contributed by atoms with E-state index in [1.165, 1.54) is 0 Å². The van der Waals surface area contributed by atoms with E-state index < -0.39 is 0 Å². The van der Waals surface area contributed by atoms with Crippen molar-refractivity contribution in [3.8, 4) is 0 Å². The number of nitrogens with one attached hydrogen (secondary N) is 1. The van der Waals surface area contributed by atoms with Gasteiger partial charge in [-0.15, -0.1) is 0 Å². The summed E-state index contributed by atoms with van der Waals surface area (Å²) in [4.78, 5) is 4.16. The lowest BCUT2D eigenvalue weighted by atomic mass is 10.3. The van der Waals surface area contributed by atoms with Gasteiger partial charge in [-0.25, -0.2) is 4.98 Å². The highest BCUT2D eigenvalue weighted by molar-refractivity contribution is 6.29. The molecule has 0 saturated heterocycles. The molecule has 0 fully saturated rings. The van der Waals surface area contributed by atoms with Crippen LogP contribution in [-0.4, -0.2) is 18.1 Å². The van der Waals surface area contributed by atoms with Crippen molar-refractivity contribution in [3.05, 3.63) is 22.8 Å². The molecule has 0 radical (unpaired) electrons. The van der Waals surface area contributed by atoms with Gasteiger partial charge in [0.05, 0.1) is 0 Å². The molecule has 1 heterocycles. The van der Waals surface area contributed by atoms with Crippen molar-refractivity contribution in [2.75, 3.05) is 18.4 Å². The highest BCUT2D eigenvalue weighted by Crippen LogP contribution is 2.14. The monoisotopic (exact) mass is 199 g/mol. The second-order valence-corrected chi connectivity index (χ2v) is 3.26. The first-order chi connectivity index (χ1) is 6.24. The van der Waals surface area contributed by atoms with Crippen LogP contribution in [0.5, 0.6) is 0 Å². The molecule has 0 amide bonds. The lowest BCUT2D eigenvalue weighted by Crippen LogP contribution is -2.10. The van der Waals surface area contributed by atoms with Crippen LogP contribution in [0, 0.1) is 6.92 Å². The molecule has 72 valence electrons. The van der Waals surface area contributed by atoms with E-state index in [2.05, 4.69) is 10.3 Å². The molecule has 0 aromatic carbocycles. The van der Waals surface area contributed by atoms with Crippen molar-refractivity contribution >= 4 is 17.4 Å². The first-order valence-electron chi connectivity index (χ1n) is 4.31. The van der Waals surface area contributed by atoms with Crippen LogP contribution in [0.15, 0.2) is 12.1 Å². The number of nitrogens with zero attached hydrogens (tertiary/aromatic N) is 1. The Balaban J connectivity index is 2.59. The van der Waals surface area contributed by atoms with Gasteiger partial charge in [-0.2, -0.15) is 0 Å². The Labute approximate surface area is 83.3 Å². The number of pyridine rings is 1. The maximum absolute atomic E-state index is 5.75. The zero-order valence-electron chi connectivity index (χ0n) is 7.68. The Kier molecular flexibility index (Phi) is 3.99. The van der Waals surface area contributed by atoms with Crippen LogP contribution < -0.4 is 11.1 Å². The van der Waals surface area contributed by atoms with Gasteiger partial charge in [-0.1, -0.05) is 17.7 Å². The van der Waals surface area contributed by atoms with Gasteiger partial charge in [0, 0.05) is 6.54 Å². The summed E-state index contributed by atoms with van der Waals surface area (Å²) in [7, 11) is 0. The zero-order valence-corrected chi connectivity index (χ0v) is 8.43. The van der Waals surface area contributed by atoms with E-state index in [-0.39, 0.29) is 0 Å². The topological polar surface area (TPSA) is 50.9 Å². The predicted octanol–water partition coefficient (Wildman–Crippen LogP) is 1.80. The Morgan fingerprint density at radius 3 is 3.00 bits per heavy atom. The predicted molar refractivity (Wildman–Crippen MR) is 56.1 cm³/mol. The fraction of sp³-hybridized carbons (Fsp3) is 0.444. The Morgan fingerprint density at radius 2 is 2.31 bits per heavy atom. The second kappa shape index (κ2) is 5.04. The Morgan fingerprint density at radius 1 is 1.54 bits per heavy atom. The van der Waals surface area contributed by atoms with Gasteiger partial charge < -0.3 is 11.1 Å². The van der Waals surface area contributed by atoms with E-state index in [1.807, 2.05) is 13.0 Å². The minimum atomic E-state index is 0.515. The number of aryl methyl sites for hydroxylation is 1. The van der Waals surface area contributed by atoms with Crippen LogP contribution in [0.1, 0.15) is 12.0 Å². The quantitative estimate of drug-likeness (QED) is 0.575. The number of hydrogen-bond acceptors (Lipinski definition) is 3. The average Bonchev–Trinajstić information content (AvgIpc) is 2.11. The fourth-order valence-corrected chi connectivity index (χ4v) is 1.14. The molecule has 0 aliphatic heterocycles. The number of hydrogen-bond donors (Lipinski definition) is 2. The van der Waals surface area contributed by atoms with Crippen molar-refractivity contribution in [1.29, 1.82) is 0 Å².